The Labute approximate surface area is 283 Å². The number of nitrogens with two attached hydrogens (primary N) is 1. The molecule has 6 atom stereocenters. The van der Waals surface area contributed by atoms with Gasteiger partial charge < -0.3 is 34.1 Å². The molecule has 2 aromatic carbocycles. The van der Waals surface area contributed by atoms with E-state index in [9.17, 15) is 23.6 Å². The fourth-order valence-electron chi connectivity index (χ4n) is 6.81. The minimum Gasteiger partial charge on any atom is -0.456 e. The normalized spacial score (nSPS) is 23.3. The number of halogens is 2. The summed E-state index contributed by atoms with van der Waals surface area (Å²) in [6, 6.07) is 8.99. The van der Waals surface area contributed by atoms with Crippen LogP contribution in [-0.4, -0.2) is 76.8 Å². The van der Waals surface area contributed by atoms with Gasteiger partial charge in [-0.05, 0) is 78.3 Å². The van der Waals surface area contributed by atoms with E-state index in [-0.39, 0.29) is 18.6 Å². The fraction of sp³-hybridized carbons (Fsp3) is 0.500. The van der Waals surface area contributed by atoms with Crippen LogP contribution < -0.4 is 5.73 Å². The number of ether oxygens (including phenoxy) is 4. The summed E-state index contributed by atoms with van der Waals surface area (Å²) < 4.78 is 54.1. The minimum atomic E-state index is -1.36. The highest BCUT2D eigenvalue weighted by atomic mass is 19.1. The standard InChI is InChI=1S/C36H43F2N3O8/c1-19(42)47-29-18-46-35(32(49-21(3)44)31(29)48-20(2)43)41-28-16-24(38)13-14-26(28)27(30(41)22-9-11-23(37)12-10-22)17-25-8-7-15-40(25)34(45)33(39)36(4,5)6/h9-14,16,25,29,31-33,35H,7-8,15,17-18,39H2,1-6H3/t25-,29+,31-,32+,33+,35?/m0/s1. The molecular formula is C36H43F2N3O8. The van der Waals surface area contributed by atoms with Crippen LogP contribution in [0.3, 0.4) is 0 Å². The summed E-state index contributed by atoms with van der Waals surface area (Å²) in [6.45, 7) is 9.52. The molecule has 0 bridgehead atoms. The van der Waals surface area contributed by atoms with Crippen molar-refractivity contribution in [3.05, 3.63) is 59.7 Å². The first-order chi connectivity index (χ1) is 23.1. The SMILES string of the molecule is CC(=O)O[C@H]1[C@H](OC(C)=O)COC(n2c(-c3ccc(F)cc3)c(C[C@@H]3CCCN3C(=O)[C@@H](N)C(C)(C)C)c3ccc(F)cc32)[C@@H]1OC(C)=O. The van der Waals surface area contributed by atoms with Crippen LogP contribution >= 0.6 is 0 Å². The summed E-state index contributed by atoms with van der Waals surface area (Å²) in [5, 5.41) is 0.622. The molecule has 2 aliphatic heterocycles. The molecule has 0 spiro atoms. The zero-order valence-corrected chi connectivity index (χ0v) is 28.5. The molecule has 3 heterocycles. The average Bonchev–Trinajstić information content (AvgIpc) is 3.60. The topological polar surface area (TPSA) is 139 Å². The molecule has 1 amide bonds. The molecule has 2 saturated heterocycles. The van der Waals surface area contributed by atoms with Gasteiger partial charge in [-0.1, -0.05) is 20.8 Å². The van der Waals surface area contributed by atoms with E-state index in [0.29, 0.717) is 47.1 Å². The van der Waals surface area contributed by atoms with Crippen molar-refractivity contribution in [2.24, 2.45) is 11.1 Å². The smallest absolute Gasteiger partial charge is 0.303 e. The van der Waals surface area contributed by atoms with Gasteiger partial charge in [0.05, 0.1) is 23.9 Å². The van der Waals surface area contributed by atoms with Crippen LogP contribution in [0.2, 0.25) is 0 Å². The molecule has 1 aromatic heterocycles. The molecular weight excluding hydrogens is 640 g/mol. The Balaban J connectivity index is 1.72. The van der Waals surface area contributed by atoms with Crippen molar-refractivity contribution in [3.8, 4) is 11.3 Å². The Bertz CT molecular complexity index is 1730. The Hall–Kier alpha value is -4.36. The van der Waals surface area contributed by atoms with Gasteiger partial charge in [0.1, 0.15) is 11.6 Å². The molecule has 3 aromatic rings. The van der Waals surface area contributed by atoms with Crippen LogP contribution in [-0.2, 0) is 44.5 Å². The summed E-state index contributed by atoms with van der Waals surface area (Å²) in [4.78, 5) is 52.3. The molecule has 2 fully saturated rings. The number of amides is 1. The second-order valence-corrected chi connectivity index (χ2v) is 13.8. The number of carbonyl (C=O) groups is 4. The third-order valence-electron chi connectivity index (χ3n) is 9.07. The lowest BCUT2D eigenvalue weighted by Gasteiger charge is -2.41. The van der Waals surface area contributed by atoms with E-state index in [0.717, 1.165) is 6.42 Å². The van der Waals surface area contributed by atoms with E-state index < -0.39 is 65.5 Å². The zero-order valence-electron chi connectivity index (χ0n) is 28.5. The van der Waals surface area contributed by atoms with Gasteiger partial charge in [-0.15, -0.1) is 0 Å². The van der Waals surface area contributed by atoms with Crippen LogP contribution in [0.4, 0.5) is 8.78 Å². The monoisotopic (exact) mass is 683 g/mol. The predicted molar refractivity (Wildman–Crippen MR) is 175 cm³/mol. The predicted octanol–water partition coefficient (Wildman–Crippen LogP) is 4.82. The second-order valence-electron chi connectivity index (χ2n) is 13.8. The van der Waals surface area contributed by atoms with E-state index in [1.165, 1.54) is 45.0 Å². The van der Waals surface area contributed by atoms with Crippen molar-refractivity contribution in [1.29, 1.82) is 0 Å². The molecule has 5 rings (SSSR count). The molecule has 49 heavy (non-hydrogen) atoms. The van der Waals surface area contributed by atoms with Gasteiger partial charge >= 0.3 is 17.9 Å². The molecule has 1 unspecified atom stereocenters. The molecule has 2 aliphatic rings. The molecule has 0 aliphatic carbocycles. The van der Waals surface area contributed by atoms with E-state index in [1.807, 2.05) is 20.8 Å². The van der Waals surface area contributed by atoms with Crippen molar-refractivity contribution < 1.29 is 46.9 Å². The van der Waals surface area contributed by atoms with Crippen molar-refractivity contribution in [3.63, 3.8) is 0 Å². The number of aromatic nitrogens is 1. The second kappa shape index (κ2) is 14.2. The quantitative estimate of drug-likeness (QED) is 0.262. The number of hydrogen-bond acceptors (Lipinski definition) is 9. The lowest BCUT2D eigenvalue weighted by atomic mass is 9.86. The van der Waals surface area contributed by atoms with E-state index >= 15 is 4.39 Å². The number of carbonyl (C=O) groups excluding carboxylic acids is 4. The van der Waals surface area contributed by atoms with Crippen LogP contribution in [0.5, 0.6) is 0 Å². The lowest BCUT2D eigenvalue weighted by Crippen LogP contribution is -2.55. The van der Waals surface area contributed by atoms with Gasteiger partial charge in [0.2, 0.25) is 5.91 Å². The number of fused-ring (bicyclic) bond motifs is 1. The van der Waals surface area contributed by atoms with Crippen molar-refractivity contribution in [1.82, 2.24) is 9.47 Å². The van der Waals surface area contributed by atoms with Crippen molar-refractivity contribution in [2.45, 2.75) is 97.4 Å². The molecule has 264 valence electrons. The van der Waals surface area contributed by atoms with Crippen LogP contribution in [0.1, 0.15) is 66.2 Å². The Morgan fingerprint density at radius 3 is 2.14 bits per heavy atom. The van der Waals surface area contributed by atoms with E-state index in [2.05, 4.69) is 0 Å². The fourth-order valence-corrected chi connectivity index (χ4v) is 6.81. The van der Waals surface area contributed by atoms with Crippen LogP contribution in [0.15, 0.2) is 42.5 Å². The van der Waals surface area contributed by atoms with Crippen molar-refractivity contribution in [2.75, 3.05) is 13.2 Å². The number of likely N-dealkylation sites (tertiary alicyclic amines) is 1. The van der Waals surface area contributed by atoms with Gasteiger partial charge in [0.15, 0.2) is 24.5 Å². The first-order valence-corrected chi connectivity index (χ1v) is 16.3. The maximum Gasteiger partial charge on any atom is 0.303 e. The van der Waals surface area contributed by atoms with Crippen molar-refractivity contribution >= 4 is 34.7 Å². The Morgan fingerprint density at radius 2 is 1.53 bits per heavy atom. The zero-order chi connectivity index (χ0) is 35.8. The molecule has 11 nitrogen and oxygen atoms in total. The maximum absolute atomic E-state index is 15.1. The highest BCUT2D eigenvalue weighted by Crippen LogP contribution is 2.43. The van der Waals surface area contributed by atoms with Crippen LogP contribution in [0, 0.1) is 17.0 Å². The lowest BCUT2D eigenvalue weighted by molar-refractivity contribution is -0.238. The van der Waals surface area contributed by atoms with Gasteiger partial charge in [0, 0.05) is 38.7 Å². The molecule has 2 N–H and O–H groups in total. The van der Waals surface area contributed by atoms with Crippen LogP contribution in [0.25, 0.3) is 22.2 Å². The van der Waals surface area contributed by atoms with Gasteiger partial charge in [-0.25, -0.2) is 8.78 Å². The Morgan fingerprint density at radius 1 is 0.918 bits per heavy atom. The highest BCUT2D eigenvalue weighted by Gasteiger charge is 2.49. The number of benzene rings is 2. The molecule has 0 saturated carbocycles. The summed E-state index contributed by atoms with van der Waals surface area (Å²) in [6.07, 6.45) is -3.23. The third-order valence-corrected chi connectivity index (χ3v) is 9.07. The van der Waals surface area contributed by atoms with E-state index in [4.69, 9.17) is 24.7 Å². The highest BCUT2D eigenvalue weighted by molar-refractivity contribution is 5.92. The van der Waals surface area contributed by atoms with Gasteiger partial charge in [0.25, 0.3) is 0 Å². The number of hydrogen-bond donors (Lipinski definition) is 1. The minimum absolute atomic E-state index is 0.167. The summed E-state index contributed by atoms with van der Waals surface area (Å²) >= 11 is 0. The first-order valence-electron chi connectivity index (χ1n) is 16.3. The largest absolute Gasteiger partial charge is 0.456 e. The van der Waals surface area contributed by atoms with Gasteiger partial charge in [-0.3, -0.25) is 19.2 Å². The summed E-state index contributed by atoms with van der Waals surface area (Å²) in [7, 11) is 0. The maximum atomic E-state index is 15.1. The average molecular weight is 684 g/mol. The summed E-state index contributed by atoms with van der Waals surface area (Å²) in [5.74, 6) is -3.34. The number of nitrogens with zero attached hydrogens (tertiary/aromatic N) is 2. The van der Waals surface area contributed by atoms with Gasteiger partial charge in [-0.2, -0.15) is 0 Å². The summed E-state index contributed by atoms with van der Waals surface area (Å²) in [5.41, 5.74) is 8.05. The van der Waals surface area contributed by atoms with E-state index in [1.54, 1.807) is 27.7 Å². The number of esters is 3. The number of rotatable bonds is 8. The molecule has 0 radical (unpaired) electrons. The first kappa shape index (κ1) is 35.9. The molecule has 13 heteroatoms. The third kappa shape index (κ3) is 7.62. The Kier molecular flexibility index (Phi) is 10.4.